The SMILES string of the molecule is c1cc(NCc2cncs2)cc(-c2cccc3nc(Nc4ccc(OCCN5CCCC5)cc4)nn23)c1. The van der Waals surface area contributed by atoms with Crippen molar-refractivity contribution in [3.8, 4) is 17.0 Å². The van der Waals surface area contributed by atoms with Crippen molar-refractivity contribution in [1.29, 1.82) is 0 Å². The minimum atomic E-state index is 0.551. The van der Waals surface area contributed by atoms with Gasteiger partial charge in [-0.25, -0.2) is 4.52 Å². The Kier molecular flexibility index (Phi) is 6.96. The number of likely N-dealkylation sites (tertiary alicyclic amines) is 1. The summed E-state index contributed by atoms with van der Waals surface area (Å²) in [6, 6.07) is 22.3. The first-order valence-electron chi connectivity index (χ1n) is 12.6. The van der Waals surface area contributed by atoms with Crippen LogP contribution < -0.4 is 15.4 Å². The van der Waals surface area contributed by atoms with Gasteiger partial charge >= 0.3 is 0 Å². The van der Waals surface area contributed by atoms with E-state index in [1.807, 2.05) is 58.7 Å². The van der Waals surface area contributed by atoms with Crippen LogP contribution in [0.3, 0.4) is 0 Å². The van der Waals surface area contributed by atoms with Crippen molar-refractivity contribution < 1.29 is 4.74 Å². The van der Waals surface area contributed by atoms with Crippen LogP contribution in [0.1, 0.15) is 17.7 Å². The van der Waals surface area contributed by atoms with Crippen LogP contribution in [0.25, 0.3) is 16.9 Å². The van der Waals surface area contributed by atoms with Gasteiger partial charge in [-0.1, -0.05) is 18.2 Å². The zero-order chi connectivity index (χ0) is 24.9. The number of nitrogens with zero attached hydrogens (tertiary/aromatic N) is 5. The largest absolute Gasteiger partial charge is 0.492 e. The minimum Gasteiger partial charge on any atom is -0.492 e. The van der Waals surface area contributed by atoms with Gasteiger partial charge in [-0.05, 0) is 74.5 Å². The molecular formula is C28H29N7OS. The first kappa shape index (κ1) is 23.4. The molecule has 2 N–H and O–H groups in total. The van der Waals surface area contributed by atoms with E-state index in [4.69, 9.17) is 9.84 Å². The highest BCUT2D eigenvalue weighted by Crippen LogP contribution is 2.25. The number of anilines is 3. The van der Waals surface area contributed by atoms with E-state index in [1.165, 1.54) is 30.8 Å². The van der Waals surface area contributed by atoms with E-state index in [-0.39, 0.29) is 0 Å². The zero-order valence-corrected chi connectivity index (χ0v) is 21.3. The molecule has 37 heavy (non-hydrogen) atoms. The number of rotatable bonds is 10. The van der Waals surface area contributed by atoms with Crippen LogP contribution in [0, 0.1) is 0 Å². The second-order valence-electron chi connectivity index (χ2n) is 9.07. The highest BCUT2D eigenvalue weighted by molar-refractivity contribution is 7.09. The van der Waals surface area contributed by atoms with Gasteiger partial charge in [-0.15, -0.1) is 16.4 Å². The molecule has 0 spiro atoms. The van der Waals surface area contributed by atoms with E-state index in [1.54, 1.807) is 11.3 Å². The summed E-state index contributed by atoms with van der Waals surface area (Å²) >= 11 is 1.65. The number of pyridine rings is 1. The van der Waals surface area contributed by atoms with E-state index in [0.717, 1.165) is 47.1 Å². The van der Waals surface area contributed by atoms with Crippen LogP contribution in [0.2, 0.25) is 0 Å². The maximum absolute atomic E-state index is 5.92. The molecule has 9 heteroatoms. The van der Waals surface area contributed by atoms with Crippen LogP contribution in [0.15, 0.2) is 78.4 Å². The molecular weight excluding hydrogens is 482 g/mol. The molecule has 6 rings (SSSR count). The Labute approximate surface area is 220 Å². The van der Waals surface area contributed by atoms with E-state index in [0.29, 0.717) is 12.6 Å². The molecule has 1 aliphatic rings. The average Bonchev–Trinajstić information content (AvgIpc) is 3.71. The van der Waals surface area contributed by atoms with E-state index in [2.05, 4.69) is 49.8 Å². The van der Waals surface area contributed by atoms with E-state index >= 15 is 0 Å². The third-order valence-corrected chi connectivity index (χ3v) is 7.23. The molecule has 188 valence electrons. The molecule has 0 amide bonds. The Bertz CT molecular complexity index is 1440. The Hall–Kier alpha value is -3.95. The standard InChI is InChI=1S/C28H29N7OS/c1-2-14-34(13-1)15-16-36-24-11-9-22(10-12-24)31-28-32-27-8-4-7-26(35(27)33-28)21-5-3-6-23(17-21)30-19-25-18-29-20-37-25/h3-12,17-18,20,30H,1-2,13-16,19H2,(H,31,33). The van der Waals surface area contributed by atoms with Gasteiger partial charge in [0.2, 0.25) is 5.95 Å². The first-order chi connectivity index (χ1) is 18.3. The highest BCUT2D eigenvalue weighted by atomic mass is 32.1. The van der Waals surface area contributed by atoms with Gasteiger partial charge in [0.05, 0.1) is 17.7 Å². The lowest BCUT2D eigenvalue weighted by atomic mass is 10.1. The topological polar surface area (TPSA) is 79.6 Å². The van der Waals surface area contributed by atoms with Crippen LogP contribution in [0.5, 0.6) is 5.75 Å². The van der Waals surface area contributed by atoms with Crippen molar-refractivity contribution in [2.24, 2.45) is 0 Å². The van der Waals surface area contributed by atoms with Crippen LogP contribution in [-0.4, -0.2) is 50.7 Å². The molecule has 0 aliphatic carbocycles. The smallest absolute Gasteiger partial charge is 0.247 e. The fourth-order valence-electron chi connectivity index (χ4n) is 4.55. The zero-order valence-electron chi connectivity index (χ0n) is 20.5. The monoisotopic (exact) mass is 511 g/mol. The maximum Gasteiger partial charge on any atom is 0.247 e. The summed E-state index contributed by atoms with van der Waals surface area (Å²) in [5.41, 5.74) is 6.63. The number of aromatic nitrogens is 4. The molecule has 1 fully saturated rings. The van der Waals surface area contributed by atoms with Gasteiger partial charge in [-0.3, -0.25) is 9.88 Å². The fraction of sp³-hybridized carbons (Fsp3) is 0.250. The summed E-state index contributed by atoms with van der Waals surface area (Å²) in [7, 11) is 0. The van der Waals surface area contributed by atoms with Gasteiger partial charge in [0.1, 0.15) is 12.4 Å². The van der Waals surface area contributed by atoms with Gasteiger partial charge < -0.3 is 15.4 Å². The van der Waals surface area contributed by atoms with Crippen LogP contribution in [-0.2, 0) is 6.54 Å². The summed E-state index contributed by atoms with van der Waals surface area (Å²) in [6.07, 6.45) is 4.50. The predicted molar refractivity (Wildman–Crippen MR) is 149 cm³/mol. The molecule has 5 aromatic rings. The van der Waals surface area contributed by atoms with E-state index < -0.39 is 0 Å². The molecule has 3 aromatic heterocycles. The molecule has 2 aromatic carbocycles. The molecule has 0 radical (unpaired) electrons. The Balaban J connectivity index is 1.13. The molecule has 0 atom stereocenters. The van der Waals surface area contributed by atoms with Gasteiger partial charge in [0.25, 0.3) is 0 Å². The summed E-state index contributed by atoms with van der Waals surface area (Å²) < 4.78 is 7.80. The van der Waals surface area contributed by atoms with Crippen molar-refractivity contribution in [2.75, 3.05) is 36.9 Å². The molecule has 1 aliphatic heterocycles. The molecule has 0 saturated carbocycles. The number of nitrogens with one attached hydrogen (secondary N) is 2. The number of fused-ring (bicyclic) bond motifs is 1. The number of thiazole rings is 1. The normalized spacial score (nSPS) is 13.7. The Morgan fingerprint density at radius 1 is 0.946 bits per heavy atom. The number of hydrogen-bond donors (Lipinski definition) is 2. The average molecular weight is 512 g/mol. The highest BCUT2D eigenvalue weighted by Gasteiger charge is 2.12. The molecule has 4 heterocycles. The minimum absolute atomic E-state index is 0.551. The lowest BCUT2D eigenvalue weighted by Crippen LogP contribution is -2.25. The van der Waals surface area contributed by atoms with Crippen LogP contribution >= 0.6 is 11.3 Å². The predicted octanol–water partition coefficient (Wildman–Crippen LogP) is 5.68. The van der Waals surface area contributed by atoms with Gasteiger partial charge in [0, 0.05) is 34.6 Å². The van der Waals surface area contributed by atoms with Crippen molar-refractivity contribution in [3.63, 3.8) is 0 Å². The Morgan fingerprint density at radius 2 is 1.81 bits per heavy atom. The summed E-state index contributed by atoms with van der Waals surface area (Å²) in [5.74, 6) is 1.42. The fourth-order valence-corrected chi connectivity index (χ4v) is 5.08. The first-order valence-corrected chi connectivity index (χ1v) is 13.5. The van der Waals surface area contributed by atoms with Crippen LogP contribution in [0.4, 0.5) is 17.3 Å². The van der Waals surface area contributed by atoms with Crippen molar-refractivity contribution in [3.05, 3.63) is 83.3 Å². The van der Waals surface area contributed by atoms with Gasteiger partial charge in [-0.2, -0.15) is 4.98 Å². The lowest BCUT2D eigenvalue weighted by molar-refractivity contribution is 0.238. The third kappa shape index (κ3) is 5.73. The molecule has 1 saturated heterocycles. The summed E-state index contributed by atoms with van der Waals surface area (Å²) in [4.78, 5) is 12.5. The maximum atomic E-state index is 5.92. The second kappa shape index (κ2) is 11.0. The quantitative estimate of drug-likeness (QED) is 0.250. The second-order valence-corrected chi connectivity index (χ2v) is 10.0. The Morgan fingerprint density at radius 3 is 2.65 bits per heavy atom. The van der Waals surface area contributed by atoms with Crippen molar-refractivity contribution in [2.45, 2.75) is 19.4 Å². The number of ether oxygens (including phenoxy) is 1. The van der Waals surface area contributed by atoms with Crippen molar-refractivity contribution in [1.82, 2.24) is 24.5 Å². The molecule has 0 unspecified atom stereocenters. The lowest BCUT2D eigenvalue weighted by Gasteiger charge is -2.15. The molecule has 8 nitrogen and oxygen atoms in total. The van der Waals surface area contributed by atoms with Gasteiger partial charge in [0.15, 0.2) is 5.65 Å². The third-order valence-electron chi connectivity index (χ3n) is 6.45. The number of hydrogen-bond acceptors (Lipinski definition) is 8. The van der Waals surface area contributed by atoms with Crippen molar-refractivity contribution >= 4 is 34.3 Å². The summed E-state index contributed by atoms with van der Waals surface area (Å²) in [5, 5.41) is 11.5. The summed E-state index contributed by atoms with van der Waals surface area (Å²) in [6.45, 7) is 4.83. The van der Waals surface area contributed by atoms with E-state index in [9.17, 15) is 0 Å². The molecule has 0 bridgehead atoms. The number of benzene rings is 2.